The van der Waals surface area contributed by atoms with Crippen LogP contribution in [-0.2, 0) is 13.6 Å². The van der Waals surface area contributed by atoms with E-state index in [1.807, 2.05) is 38.5 Å². The zero-order chi connectivity index (χ0) is 17.2. The van der Waals surface area contributed by atoms with E-state index in [0.29, 0.717) is 6.54 Å². The summed E-state index contributed by atoms with van der Waals surface area (Å²) in [6.45, 7) is 4.31. The second-order valence-corrected chi connectivity index (χ2v) is 6.47. The quantitative estimate of drug-likeness (QED) is 0.333. The molecule has 0 radical (unpaired) electrons. The first kappa shape index (κ1) is 18.3. The Hall–Kier alpha value is -2.02. The van der Waals surface area contributed by atoms with Crippen LogP contribution in [0.3, 0.4) is 0 Å². The SMILES string of the molecule is CCNC(=NCc1cnn(C)c1)NCCCSc1ccc(F)cc1. The Morgan fingerprint density at radius 2 is 2.08 bits per heavy atom. The molecule has 0 atom stereocenters. The molecule has 1 aromatic heterocycles. The number of aromatic nitrogens is 2. The Balaban J connectivity index is 1.69. The highest BCUT2D eigenvalue weighted by atomic mass is 32.2. The maximum Gasteiger partial charge on any atom is 0.191 e. The average Bonchev–Trinajstić information content (AvgIpc) is 2.99. The molecule has 2 rings (SSSR count). The summed E-state index contributed by atoms with van der Waals surface area (Å²) >= 11 is 1.73. The summed E-state index contributed by atoms with van der Waals surface area (Å²) in [4.78, 5) is 5.65. The number of aryl methyl sites for hydroxylation is 1. The number of guanidine groups is 1. The lowest BCUT2D eigenvalue weighted by atomic mass is 10.4. The van der Waals surface area contributed by atoms with Crippen LogP contribution in [0.4, 0.5) is 4.39 Å². The minimum absolute atomic E-state index is 0.193. The molecule has 0 aliphatic heterocycles. The monoisotopic (exact) mass is 349 g/mol. The number of thioether (sulfide) groups is 1. The topological polar surface area (TPSA) is 54.2 Å². The van der Waals surface area contributed by atoms with Crippen LogP contribution in [0.25, 0.3) is 0 Å². The molecule has 0 aliphatic rings. The van der Waals surface area contributed by atoms with Gasteiger partial charge in [-0.3, -0.25) is 4.68 Å². The van der Waals surface area contributed by atoms with E-state index >= 15 is 0 Å². The molecule has 0 saturated carbocycles. The molecule has 0 bridgehead atoms. The molecule has 24 heavy (non-hydrogen) atoms. The molecule has 0 unspecified atom stereocenters. The van der Waals surface area contributed by atoms with Crippen molar-refractivity contribution in [2.24, 2.45) is 12.0 Å². The third kappa shape index (κ3) is 6.62. The zero-order valence-corrected chi connectivity index (χ0v) is 14.9. The van der Waals surface area contributed by atoms with Gasteiger partial charge in [-0.05, 0) is 43.4 Å². The third-order valence-electron chi connectivity index (χ3n) is 3.22. The maximum absolute atomic E-state index is 12.8. The predicted molar refractivity (Wildman–Crippen MR) is 97.8 cm³/mol. The molecule has 5 nitrogen and oxygen atoms in total. The predicted octanol–water partition coefficient (Wildman–Crippen LogP) is 2.80. The van der Waals surface area contributed by atoms with Gasteiger partial charge in [-0.1, -0.05) is 0 Å². The van der Waals surface area contributed by atoms with Crippen molar-refractivity contribution in [1.82, 2.24) is 20.4 Å². The number of hydrogen-bond donors (Lipinski definition) is 2. The number of nitrogens with one attached hydrogen (secondary N) is 2. The Kier molecular flexibility index (Phi) is 7.61. The van der Waals surface area contributed by atoms with Gasteiger partial charge in [-0.2, -0.15) is 5.10 Å². The highest BCUT2D eigenvalue weighted by molar-refractivity contribution is 7.99. The summed E-state index contributed by atoms with van der Waals surface area (Å²) < 4.78 is 14.6. The molecule has 0 spiro atoms. The van der Waals surface area contributed by atoms with Gasteiger partial charge < -0.3 is 10.6 Å². The van der Waals surface area contributed by atoms with E-state index in [2.05, 4.69) is 20.7 Å². The van der Waals surface area contributed by atoms with Crippen molar-refractivity contribution in [3.63, 3.8) is 0 Å². The van der Waals surface area contributed by atoms with Gasteiger partial charge in [0.15, 0.2) is 5.96 Å². The van der Waals surface area contributed by atoms with Crippen molar-refractivity contribution in [3.05, 3.63) is 48.0 Å². The maximum atomic E-state index is 12.8. The van der Waals surface area contributed by atoms with Crippen LogP contribution in [0.2, 0.25) is 0 Å². The Bertz CT molecular complexity index is 639. The first-order valence-electron chi connectivity index (χ1n) is 8.05. The van der Waals surface area contributed by atoms with Gasteiger partial charge in [0.05, 0.1) is 12.7 Å². The molecule has 2 aromatic rings. The third-order valence-corrected chi connectivity index (χ3v) is 4.32. The number of nitrogens with zero attached hydrogens (tertiary/aromatic N) is 3. The second-order valence-electron chi connectivity index (χ2n) is 5.30. The second kappa shape index (κ2) is 9.97. The summed E-state index contributed by atoms with van der Waals surface area (Å²) in [5.41, 5.74) is 1.08. The molecule has 1 aromatic carbocycles. The molecular formula is C17H24FN5S. The standard InChI is InChI=1S/C17H24FN5S/c1-3-19-17(21-11-14-12-22-23(2)13-14)20-9-4-10-24-16-7-5-15(18)6-8-16/h5-8,12-13H,3-4,9-11H2,1-2H3,(H2,19,20,21). The van der Waals surface area contributed by atoms with Crippen molar-refractivity contribution in [2.45, 2.75) is 24.8 Å². The van der Waals surface area contributed by atoms with E-state index in [0.717, 1.165) is 41.7 Å². The number of halogens is 1. The number of rotatable bonds is 8. The molecule has 130 valence electrons. The lowest BCUT2D eigenvalue weighted by Gasteiger charge is -2.11. The van der Waals surface area contributed by atoms with E-state index in [1.54, 1.807) is 16.4 Å². The lowest BCUT2D eigenvalue weighted by molar-refractivity contribution is 0.626. The number of hydrogen-bond acceptors (Lipinski definition) is 3. The fourth-order valence-electron chi connectivity index (χ4n) is 2.07. The smallest absolute Gasteiger partial charge is 0.191 e. The molecule has 2 N–H and O–H groups in total. The van der Waals surface area contributed by atoms with E-state index in [9.17, 15) is 4.39 Å². The van der Waals surface area contributed by atoms with Crippen molar-refractivity contribution in [1.29, 1.82) is 0 Å². The van der Waals surface area contributed by atoms with Crippen LogP contribution in [-0.4, -0.2) is 34.6 Å². The summed E-state index contributed by atoms with van der Waals surface area (Å²) in [6, 6.07) is 6.61. The molecule has 7 heteroatoms. The summed E-state index contributed by atoms with van der Waals surface area (Å²) in [5.74, 6) is 1.59. The molecule has 0 fully saturated rings. The molecule has 0 saturated heterocycles. The van der Waals surface area contributed by atoms with Gasteiger partial charge in [0, 0.05) is 36.8 Å². The summed E-state index contributed by atoms with van der Waals surface area (Å²) in [5, 5.41) is 10.7. The van der Waals surface area contributed by atoms with Crippen molar-refractivity contribution >= 4 is 17.7 Å². The minimum atomic E-state index is -0.193. The van der Waals surface area contributed by atoms with E-state index < -0.39 is 0 Å². The Morgan fingerprint density at radius 1 is 1.29 bits per heavy atom. The van der Waals surface area contributed by atoms with E-state index in [1.165, 1.54) is 12.1 Å². The largest absolute Gasteiger partial charge is 0.357 e. The lowest BCUT2D eigenvalue weighted by Crippen LogP contribution is -2.37. The highest BCUT2D eigenvalue weighted by Crippen LogP contribution is 2.18. The molecule has 1 heterocycles. The van der Waals surface area contributed by atoms with Crippen LogP contribution < -0.4 is 10.6 Å². The van der Waals surface area contributed by atoms with Gasteiger partial charge in [0.25, 0.3) is 0 Å². The van der Waals surface area contributed by atoms with Gasteiger partial charge in [0.2, 0.25) is 0 Å². The highest BCUT2D eigenvalue weighted by Gasteiger charge is 2.00. The van der Waals surface area contributed by atoms with Crippen LogP contribution in [0, 0.1) is 5.82 Å². The van der Waals surface area contributed by atoms with Crippen LogP contribution in [0.15, 0.2) is 46.5 Å². The van der Waals surface area contributed by atoms with Gasteiger partial charge >= 0.3 is 0 Å². The van der Waals surface area contributed by atoms with Crippen LogP contribution in [0.5, 0.6) is 0 Å². The first-order valence-corrected chi connectivity index (χ1v) is 9.04. The van der Waals surface area contributed by atoms with E-state index in [-0.39, 0.29) is 5.82 Å². The van der Waals surface area contributed by atoms with Crippen LogP contribution >= 0.6 is 11.8 Å². The number of aliphatic imine (C=N–C) groups is 1. The fraction of sp³-hybridized carbons (Fsp3) is 0.412. The molecular weight excluding hydrogens is 325 g/mol. The van der Waals surface area contributed by atoms with Crippen molar-refractivity contribution in [3.8, 4) is 0 Å². The molecule has 0 aliphatic carbocycles. The Morgan fingerprint density at radius 3 is 2.75 bits per heavy atom. The normalized spacial score (nSPS) is 11.5. The molecule has 0 amide bonds. The first-order chi connectivity index (χ1) is 11.7. The summed E-state index contributed by atoms with van der Waals surface area (Å²) in [7, 11) is 1.90. The van der Waals surface area contributed by atoms with Gasteiger partial charge in [0.1, 0.15) is 5.82 Å². The van der Waals surface area contributed by atoms with Crippen molar-refractivity contribution < 1.29 is 4.39 Å². The minimum Gasteiger partial charge on any atom is -0.357 e. The van der Waals surface area contributed by atoms with Gasteiger partial charge in [-0.15, -0.1) is 11.8 Å². The van der Waals surface area contributed by atoms with Gasteiger partial charge in [-0.25, -0.2) is 9.38 Å². The summed E-state index contributed by atoms with van der Waals surface area (Å²) in [6.07, 6.45) is 4.79. The Labute approximate surface area is 146 Å². The fourth-order valence-corrected chi connectivity index (χ4v) is 2.92. The van der Waals surface area contributed by atoms with E-state index in [4.69, 9.17) is 0 Å². The zero-order valence-electron chi connectivity index (χ0n) is 14.1. The average molecular weight is 349 g/mol. The van der Waals surface area contributed by atoms with Crippen LogP contribution in [0.1, 0.15) is 18.9 Å². The van der Waals surface area contributed by atoms with Crippen molar-refractivity contribution in [2.75, 3.05) is 18.8 Å². The number of benzene rings is 1.